The fourth-order valence-corrected chi connectivity index (χ4v) is 5.52. The van der Waals surface area contributed by atoms with Gasteiger partial charge in [0, 0.05) is 29.5 Å². The van der Waals surface area contributed by atoms with Gasteiger partial charge >= 0.3 is 0 Å². The molecule has 1 aromatic carbocycles. The van der Waals surface area contributed by atoms with Gasteiger partial charge in [0.05, 0.1) is 11.0 Å². The Morgan fingerprint density at radius 1 is 1.43 bits per heavy atom. The SMILES string of the molecule is CC1(C)[C@H]2CC[C@]1(CS/N=C/c1ccc([N+](=O)[O-])cc1)[C@@H](O)C2. The lowest BCUT2D eigenvalue weighted by molar-refractivity contribution is -0.384. The topological polar surface area (TPSA) is 75.7 Å². The molecule has 3 rings (SSSR count). The quantitative estimate of drug-likeness (QED) is 0.384. The average Bonchev–Trinajstić information content (AvgIpc) is 2.86. The van der Waals surface area contributed by atoms with E-state index in [4.69, 9.17) is 0 Å². The summed E-state index contributed by atoms with van der Waals surface area (Å²) in [5.74, 6) is 1.44. The van der Waals surface area contributed by atoms with Crippen LogP contribution in [0.2, 0.25) is 0 Å². The van der Waals surface area contributed by atoms with Gasteiger partial charge < -0.3 is 5.11 Å². The molecule has 2 aliphatic carbocycles. The van der Waals surface area contributed by atoms with E-state index in [0.29, 0.717) is 5.92 Å². The standard InChI is InChI=1S/C17H22N2O3S/c1-16(2)13-7-8-17(16,15(20)9-13)11-23-18-10-12-3-5-14(6-4-12)19(21)22/h3-6,10,13,15,20H,7-9,11H2,1-2H3/b18-10+/t13-,15-,17-/m0/s1. The molecule has 0 saturated heterocycles. The molecule has 0 radical (unpaired) electrons. The summed E-state index contributed by atoms with van der Waals surface area (Å²) in [6, 6.07) is 6.35. The molecule has 2 bridgehead atoms. The first-order valence-corrected chi connectivity index (χ1v) is 8.89. The van der Waals surface area contributed by atoms with Crippen molar-refractivity contribution in [1.29, 1.82) is 0 Å². The average molecular weight is 334 g/mol. The highest BCUT2D eigenvalue weighted by molar-refractivity contribution is 7.98. The van der Waals surface area contributed by atoms with Crippen LogP contribution in [0.3, 0.4) is 0 Å². The zero-order valence-corrected chi connectivity index (χ0v) is 14.3. The first-order valence-electron chi connectivity index (χ1n) is 7.95. The second-order valence-electron chi connectivity index (χ2n) is 7.22. The van der Waals surface area contributed by atoms with E-state index in [0.717, 1.165) is 24.2 Å². The number of nitro groups is 1. The molecular formula is C17H22N2O3S. The van der Waals surface area contributed by atoms with Crippen molar-refractivity contribution < 1.29 is 10.0 Å². The summed E-state index contributed by atoms with van der Waals surface area (Å²) in [7, 11) is 0. The number of non-ortho nitro benzene ring substituents is 1. The van der Waals surface area contributed by atoms with E-state index in [-0.39, 0.29) is 22.6 Å². The fourth-order valence-electron chi connectivity index (χ4n) is 4.31. The molecule has 124 valence electrons. The van der Waals surface area contributed by atoms with Crippen LogP contribution in [0, 0.1) is 26.9 Å². The third kappa shape index (κ3) is 2.68. The minimum atomic E-state index is -0.408. The second-order valence-corrected chi connectivity index (χ2v) is 7.98. The first kappa shape index (κ1) is 16.5. The van der Waals surface area contributed by atoms with Crippen molar-refractivity contribution in [3.63, 3.8) is 0 Å². The van der Waals surface area contributed by atoms with Crippen molar-refractivity contribution in [3.8, 4) is 0 Å². The minimum absolute atomic E-state index is 0.0326. The molecule has 0 heterocycles. The lowest BCUT2D eigenvalue weighted by Crippen LogP contribution is -2.40. The highest BCUT2D eigenvalue weighted by Crippen LogP contribution is 2.66. The van der Waals surface area contributed by atoms with Gasteiger partial charge in [-0.25, -0.2) is 4.40 Å². The van der Waals surface area contributed by atoms with Crippen LogP contribution in [0.1, 0.15) is 38.7 Å². The molecule has 2 fully saturated rings. The number of aliphatic hydroxyl groups is 1. The van der Waals surface area contributed by atoms with Crippen molar-refractivity contribution in [2.45, 2.75) is 39.2 Å². The van der Waals surface area contributed by atoms with E-state index in [9.17, 15) is 15.2 Å². The van der Waals surface area contributed by atoms with Crippen LogP contribution < -0.4 is 0 Å². The molecule has 0 spiro atoms. The number of aliphatic hydroxyl groups excluding tert-OH is 1. The Kier molecular flexibility index (Phi) is 4.23. The molecule has 0 unspecified atom stereocenters. The summed E-state index contributed by atoms with van der Waals surface area (Å²) < 4.78 is 4.40. The summed E-state index contributed by atoms with van der Waals surface area (Å²) in [4.78, 5) is 10.2. The monoisotopic (exact) mass is 334 g/mol. The van der Waals surface area contributed by atoms with Crippen molar-refractivity contribution in [2.24, 2.45) is 21.1 Å². The molecule has 3 atom stereocenters. The maximum Gasteiger partial charge on any atom is 0.269 e. The third-order valence-corrected chi connectivity index (χ3v) is 6.99. The van der Waals surface area contributed by atoms with Crippen molar-refractivity contribution in [2.75, 3.05) is 5.75 Å². The number of benzene rings is 1. The van der Waals surface area contributed by atoms with Crippen LogP contribution in [0.25, 0.3) is 0 Å². The first-order chi connectivity index (χ1) is 10.9. The van der Waals surface area contributed by atoms with Gasteiger partial charge in [0.15, 0.2) is 0 Å². The van der Waals surface area contributed by atoms with Gasteiger partial charge in [-0.15, -0.1) is 0 Å². The lowest BCUT2D eigenvalue weighted by atomic mass is 9.70. The van der Waals surface area contributed by atoms with Crippen LogP contribution in [0.15, 0.2) is 28.7 Å². The second kappa shape index (κ2) is 5.91. The van der Waals surface area contributed by atoms with Crippen LogP contribution in [-0.4, -0.2) is 28.1 Å². The molecule has 1 N–H and O–H groups in total. The van der Waals surface area contributed by atoms with Crippen molar-refractivity contribution >= 4 is 23.8 Å². The van der Waals surface area contributed by atoms with E-state index >= 15 is 0 Å². The zero-order chi connectivity index (χ0) is 16.7. The van der Waals surface area contributed by atoms with E-state index in [1.807, 2.05) is 0 Å². The maximum atomic E-state index is 10.6. The van der Waals surface area contributed by atoms with Gasteiger partial charge in [-0.1, -0.05) is 13.8 Å². The molecule has 23 heavy (non-hydrogen) atoms. The van der Waals surface area contributed by atoms with Gasteiger partial charge in [0.2, 0.25) is 0 Å². The molecule has 2 aliphatic rings. The van der Waals surface area contributed by atoms with Gasteiger partial charge in [0.1, 0.15) is 0 Å². The van der Waals surface area contributed by atoms with Crippen LogP contribution in [-0.2, 0) is 0 Å². The van der Waals surface area contributed by atoms with E-state index in [1.54, 1.807) is 18.3 Å². The summed E-state index contributed by atoms with van der Waals surface area (Å²) in [6.07, 6.45) is 4.70. The largest absolute Gasteiger partial charge is 0.392 e. The Morgan fingerprint density at radius 2 is 2.13 bits per heavy atom. The smallest absolute Gasteiger partial charge is 0.269 e. The molecule has 6 heteroatoms. The molecule has 0 aromatic heterocycles. The number of rotatable bonds is 5. The maximum absolute atomic E-state index is 10.6. The summed E-state index contributed by atoms with van der Waals surface area (Å²) in [5, 5.41) is 21.1. The zero-order valence-electron chi connectivity index (χ0n) is 13.4. The Morgan fingerprint density at radius 3 is 2.65 bits per heavy atom. The Balaban J connectivity index is 1.62. The number of nitrogens with zero attached hydrogens (tertiary/aromatic N) is 2. The van der Waals surface area contributed by atoms with Gasteiger partial charge in [-0.05, 0) is 60.2 Å². The predicted molar refractivity (Wildman–Crippen MR) is 92.7 cm³/mol. The molecule has 5 nitrogen and oxygen atoms in total. The molecule has 1 aromatic rings. The Bertz CT molecular complexity index is 629. The fraction of sp³-hybridized carbons (Fsp3) is 0.588. The number of hydrogen-bond acceptors (Lipinski definition) is 5. The minimum Gasteiger partial charge on any atom is -0.392 e. The van der Waals surface area contributed by atoms with Gasteiger partial charge in [-0.2, -0.15) is 0 Å². The van der Waals surface area contributed by atoms with Crippen LogP contribution in [0.5, 0.6) is 0 Å². The van der Waals surface area contributed by atoms with Crippen molar-refractivity contribution in [3.05, 3.63) is 39.9 Å². The Hall–Kier alpha value is -1.40. The molecule has 0 amide bonds. The Labute approximate surface area is 140 Å². The number of nitro benzene ring substituents is 1. The van der Waals surface area contributed by atoms with E-state index in [2.05, 4.69) is 18.2 Å². The highest BCUT2D eigenvalue weighted by Gasteiger charge is 2.63. The van der Waals surface area contributed by atoms with Gasteiger partial charge in [-0.3, -0.25) is 10.1 Å². The van der Waals surface area contributed by atoms with Gasteiger partial charge in [0.25, 0.3) is 5.69 Å². The normalized spacial score (nSPS) is 31.8. The van der Waals surface area contributed by atoms with E-state index in [1.165, 1.54) is 30.5 Å². The van der Waals surface area contributed by atoms with E-state index < -0.39 is 4.92 Å². The van der Waals surface area contributed by atoms with Crippen molar-refractivity contribution in [1.82, 2.24) is 0 Å². The summed E-state index contributed by atoms with van der Waals surface area (Å²) in [6.45, 7) is 4.56. The van der Waals surface area contributed by atoms with Crippen LogP contribution in [0.4, 0.5) is 5.69 Å². The molecular weight excluding hydrogens is 312 g/mol. The molecule has 0 aliphatic heterocycles. The summed E-state index contributed by atoms with van der Waals surface area (Å²) in [5.41, 5.74) is 1.06. The highest BCUT2D eigenvalue weighted by atomic mass is 32.2. The molecule has 2 saturated carbocycles. The number of hydrogen-bond donors (Lipinski definition) is 1. The summed E-state index contributed by atoms with van der Waals surface area (Å²) >= 11 is 1.49. The third-order valence-electron chi connectivity index (χ3n) is 6.09. The van der Waals surface area contributed by atoms with Crippen LogP contribution >= 0.6 is 11.9 Å². The predicted octanol–water partition coefficient (Wildman–Crippen LogP) is 3.85. The number of fused-ring (bicyclic) bond motifs is 2. The lowest BCUT2D eigenvalue weighted by Gasteiger charge is -2.39.